The lowest BCUT2D eigenvalue weighted by molar-refractivity contribution is 0.115. The molecule has 7 heteroatoms. The van der Waals surface area contributed by atoms with Gasteiger partial charge < -0.3 is 4.74 Å². The number of anilines is 1. The second-order valence-electron chi connectivity index (χ2n) is 6.10. The highest BCUT2D eigenvalue weighted by Crippen LogP contribution is 2.35. The van der Waals surface area contributed by atoms with Gasteiger partial charge in [0.2, 0.25) is 10.0 Å². The van der Waals surface area contributed by atoms with Crippen molar-refractivity contribution < 1.29 is 13.2 Å². The summed E-state index contributed by atoms with van der Waals surface area (Å²) in [5, 5.41) is 0.651. The molecule has 2 aromatic rings. The normalized spacial score (nSPS) is 15.9. The summed E-state index contributed by atoms with van der Waals surface area (Å²) >= 11 is 5.96. The van der Waals surface area contributed by atoms with Crippen LogP contribution in [0.4, 0.5) is 5.69 Å². The van der Waals surface area contributed by atoms with Gasteiger partial charge in [-0.05, 0) is 38.1 Å². The molecule has 0 radical (unpaired) electrons. The number of aliphatic imine (C=N–C) groups is 1. The largest absolute Gasteiger partial charge is 0.466 e. The number of benzene rings is 2. The standard InChI is InChI=1S/C17H17ClN2O3S/c1-17(2)19-16(11-4-6-12(18)7-5-11)14-9-8-13(10-15(14)23-17)20-24(3,21)22/h4-10,20H,1-3H3. The van der Waals surface area contributed by atoms with E-state index in [9.17, 15) is 8.42 Å². The number of hydrogen-bond acceptors (Lipinski definition) is 4. The van der Waals surface area contributed by atoms with Crippen LogP contribution in [0.15, 0.2) is 47.5 Å². The van der Waals surface area contributed by atoms with Crippen LogP contribution in [0.1, 0.15) is 25.0 Å². The van der Waals surface area contributed by atoms with Crippen molar-refractivity contribution in [1.29, 1.82) is 0 Å². The molecule has 0 atom stereocenters. The van der Waals surface area contributed by atoms with Crippen LogP contribution in [-0.4, -0.2) is 26.1 Å². The number of rotatable bonds is 3. The first-order valence-corrected chi connectivity index (χ1v) is 9.57. The third-order valence-electron chi connectivity index (χ3n) is 3.40. The molecule has 0 bridgehead atoms. The summed E-state index contributed by atoms with van der Waals surface area (Å²) < 4.78 is 31.2. The van der Waals surface area contributed by atoms with Crippen LogP contribution in [0.5, 0.6) is 5.75 Å². The van der Waals surface area contributed by atoms with Crippen molar-refractivity contribution in [2.75, 3.05) is 11.0 Å². The van der Waals surface area contributed by atoms with Crippen molar-refractivity contribution in [1.82, 2.24) is 0 Å². The Kier molecular flexibility index (Phi) is 4.05. The third-order valence-corrected chi connectivity index (χ3v) is 4.26. The van der Waals surface area contributed by atoms with Gasteiger partial charge >= 0.3 is 0 Å². The average Bonchev–Trinajstić information content (AvgIpc) is 2.44. The lowest BCUT2D eigenvalue weighted by Gasteiger charge is -2.30. The predicted molar refractivity (Wildman–Crippen MR) is 96.7 cm³/mol. The molecule has 0 amide bonds. The van der Waals surface area contributed by atoms with E-state index in [4.69, 9.17) is 16.3 Å². The molecule has 0 saturated carbocycles. The first kappa shape index (κ1) is 16.8. The maximum Gasteiger partial charge on any atom is 0.229 e. The number of halogens is 1. The molecule has 0 fully saturated rings. The zero-order chi connectivity index (χ0) is 17.5. The van der Waals surface area contributed by atoms with Gasteiger partial charge in [0.05, 0.1) is 17.7 Å². The Balaban J connectivity index is 2.09. The summed E-state index contributed by atoms with van der Waals surface area (Å²) in [6.45, 7) is 3.70. The molecule has 24 heavy (non-hydrogen) atoms. The number of sulfonamides is 1. The number of ether oxygens (including phenoxy) is 1. The highest BCUT2D eigenvalue weighted by molar-refractivity contribution is 7.92. The molecule has 3 rings (SSSR count). The van der Waals surface area contributed by atoms with Crippen LogP contribution < -0.4 is 9.46 Å². The minimum absolute atomic E-state index is 0.449. The summed E-state index contributed by atoms with van der Waals surface area (Å²) in [5.74, 6) is 0.577. The van der Waals surface area contributed by atoms with Crippen LogP contribution in [-0.2, 0) is 10.0 Å². The molecule has 0 spiro atoms. The van der Waals surface area contributed by atoms with E-state index in [2.05, 4.69) is 9.71 Å². The molecule has 2 aromatic carbocycles. The van der Waals surface area contributed by atoms with Crippen molar-refractivity contribution in [3.05, 3.63) is 58.6 Å². The Hall–Kier alpha value is -2.05. The molecule has 1 aliphatic rings. The van der Waals surface area contributed by atoms with E-state index in [1.165, 1.54) is 0 Å². The lowest BCUT2D eigenvalue weighted by Crippen LogP contribution is -2.32. The minimum Gasteiger partial charge on any atom is -0.466 e. The van der Waals surface area contributed by atoms with Crippen LogP contribution in [0, 0.1) is 0 Å². The van der Waals surface area contributed by atoms with E-state index in [1.54, 1.807) is 30.3 Å². The number of hydrogen-bond donors (Lipinski definition) is 1. The fourth-order valence-electron chi connectivity index (χ4n) is 2.53. The summed E-state index contributed by atoms with van der Waals surface area (Å²) in [4.78, 5) is 4.67. The Morgan fingerprint density at radius 3 is 2.42 bits per heavy atom. The Morgan fingerprint density at radius 2 is 1.79 bits per heavy atom. The smallest absolute Gasteiger partial charge is 0.229 e. The third kappa shape index (κ3) is 3.71. The quantitative estimate of drug-likeness (QED) is 0.903. The number of nitrogens with zero attached hydrogens (tertiary/aromatic N) is 1. The molecular weight excluding hydrogens is 348 g/mol. The van der Waals surface area contributed by atoms with Gasteiger partial charge in [-0.3, -0.25) is 4.72 Å². The first-order chi connectivity index (χ1) is 11.1. The fourth-order valence-corrected chi connectivity index (χ4v) is 3.21. The second-order valence-corrected chi connectivity index (χ2v) is 8.29. The summed E-state index contributed by atoms with van der Waals surface area (Å²) in [6.07, 6.45) is 1.11. The van der Waals surface area contributed by atoms with E-state index >= 15 is 0 Å². The topological polar surface area (TPSA) is 67.8 Å². The molecular formula is C17H17ClN2O3S. The Morgan fingerprint density at radius 1 is 1.12 bits per heavy atom. The van der Waals surface area contributed by atoms with Gasteiger partial charge in [0.1, 0.15) is 5.75 Å². The van der Waals surface area contributed by atoms with Crippen molar-refractivity contribution in [2.24, 2.45) is 4.99 Å². The number of fused-ring (bicyclic) bond motifs is 1. The summed E-state index contributed by atoms with van der Waals surface area (Å²) in [5.41, 5.74) is 2.19. The van der Waals surface area contributed by atoms with Crippen LogP contribution in [0.3, 0.4) is 0 Å². The lowest BCUT2D eigenvalue weighted by atomic mass is 9.98. The molecule has 1 N–H and O–H groups in total. The minimum atomic E-state index is -3.35. The van der Waals surface area contributed by atoms with E-state index in [1.807, 2.05) is 26.0 Å². The highest BCUT2D eigenvalue weighted by Gasteiger charge is 2.29. The molecule has 1 heterocycles. The van der Waals surface area contributed by atoms with Crippen molar-refractivity contribution in [3.8, 4) is 5.75 Å². The van der Waals surface area contributed by atoms with Gasteiger partial charge in [-0.15, -0.1) is 0 Å². The Labute approximate surface area is 146 Å². The molecule has 0 aliphatic carbocycles. The van der Waals surface area contributed by atoms with Gasteiger partial charge in [-0.1, -0.05) is 23.7 Å². The van der Waals surface area contributed by atoms with Crippen molar-refractivity contribution in [3.63, 3.8) is 0 Å². The van der Waals surface area contributed by atoms with Crippen LogP contribution in [0.2, 0.25) is 5.02 Å². The maximum absolute atomic E-state index is 11.4. The van der Waals surface area contributed by atoms with E-state index in [0.717, 1.165) is 23.1 Å². The van der Waals surface area contributed by atoms with Gasteiger partial charge in [0.15, 0.2) is 5.72 Å². The first-order valence-electron chi connectivity index (χ1n) is 7.30. The van der Waals surface area contributed by atoms with Gasteiger partial charge in [0.25, 0.3) is 0 Å². The van der Waals surface area contributed by atoms with Gasteiger partial charge in [-0.25, -0.2) is 13.4 Å². The predicted octanol–water partition coefficient (Wildman–Crippen LogP) is 3.68. The fraction of sp³-hybridized carbons (Fsp3) is 0.235. The highest BCUT2D eigenvalue weighted by atomic mass is 35.5. The molecule has 5 nitrogen and oxygen atoms in total. The van der Waals surface area contributed by atoms with Crippen LogP contribution >= 0.6 is 11.6 Å². The maximum atomic E-state index is 11.4. The average molecular weight is 365 g/mol. The molecule has 126 valence electrons. The molecule has 0 unspecified atom stereocenters. The summed E-state index contributed by atoms with van der Waals surface area (Å²) in [6, 6.07) is 12.6. The van der Waals surface area contributed by atoms with E-state index in [-0.39, 0.29) is 0 Å². The zero-order valence-electron chi connectivity index (χ0n) is 13.5. The van der Waals surface area contributed by atoms with Crippen LogP contribution in [0.25, 0.3) is 0 Å². The Bertz CT molecular complexity index is 919. The monoisotopic (exact) mass is 364 g/mol. The molecule has 1 aliphatic heterocycles. The summed E-state index contributed by atoms with van der Waals surface area (Å²) in [7, 11) is -3.35. The van der Waals surface area contributed by atoms with E-state index < -0.39 is 15.7 Å². The van der Waals surface area contributed by atoms with Crippen molar-refractivity contribution >= 4 is 33.0 Å². The van der Waals surface area contributed by atoms with Crippen molar-refractivity contribution in [2.45, 2.75) is 19.6 Å². The zero-order valence-corrected chi connectivity index (χ0v) is 15.1. The van der Waals surface area contributed by atoms with Gasteiger partial charge in [0, 0.05) is 22.2 Å². The van der Waals surface area contributed by atoms with E-state index in [0.29, 0.717) is 16.5 Å². The number of nitrogens with one attached hydrogen (secondary N) is 1. The SMILES string of the molecule is CC1(C)N=C(c2ccc(Cl)cc2)c2ccc(NS(C)(=O)=O)cc2O1. The van der Waals surface area contributed by atoms with Gasteiger partial charge in [-0.2, -0.15) is 0 Å². The second kappa shape index (κ2) is 5.79. The molecule has 0 aromatic heterocycles. The molecule has 0 saturated heterocycles.